The number of nitrogens with one attached hydrogen (secondary N) is 1. The molecule has 0 aliphatic carbocycles. The van der Waals surface area contributed by atoms with E-state index in [0.717, 1.165) is 11.4 Å². The number of anilines is 1. The van der Waals surface area contributed by atoms with E-state index in [9.17, 15) is 0 Å². The fourth-order valence-corrected chi connectivity index (χ4v) is 1.48. The van der Waals surface area contributed by atoms with E-state index in [1.54, 1.807) is 0 Å². The molecule has 6 heteroatoms. The van der Waals surface area contributed by atoms with E-state index in [1.807, 2.05) is 60.7 Å². The zero-order valence-electron chi connectivity index (χ0n) is 10.7. The van der Waals surface area contributed by atoms with Crippen molar-refractivity contribution in [3.8, 4) is 0 Å². The first-order valence-corrected chi connectivity index (χ1v) is 5.79. The largest absolute Gasteiger partial charge is 0.369 e. The average Bonchev–Trinajstić information content (AvgIpc) is 2.40. The predicted octanol–water partition coefficient (Wildman–Crippen LogP) is 2.48. The Morgan fingerprint density at radius 2 is 1.40 bits per heavy atom. The number of hydrogen-bond donors (Lipinski definition) is 3. The lowest BCUT2D eigenvalue weighted by molar-refractivity contribution is 1.39. The normalized spacial score (nSPS) is 11.6. The minimum Gasteiger partial charge on any atom is -0.369 e. The SMILES string of the molecule is Cl.NC(=Nc1ccccc1)/N=C(\N)Nc1ccccc1. The Balaban J connectivity index is 0.00000200. The second-order valence-electron chi connectivity index (χ2n) is 3.79. The fourth-order valence-electron chi connectivity index (χ4n) is 1.48. The molecule has 0 aliphatic heterocycles. The van der Waals surface area contributed by atoms with Gasteiger partial charge in [-0.25, -0.2) is 4.99 Å². The molecule has 0 saturated carbocycles. The van der Waals surface area contributed by atoms with Crippen molar-refractivity contribution in [3.05, 3.63) is 60.7 Å². The van der Waals surface area contributed by atoms with Crippen LogP contribution in [0, 0.1) is 0 Å². The lowest BCUT2D eigenvalue weighted by atomic mass is 10.3. The van der Waals surface area contributed by atoms with Gasteiger partial charge in [0, 0.05) is 5.69 Å². The number of rotatable bonds is 2. The summed E-state index contributed by atoms with van der Waals surface area (Å²) in [6, 6.07) is 18.8. The van der Waals surface area contributed by atoms with Crippen LogP contribution in [0.5, 0.6) is 0 Å². The molecule has 2 aromatic carbocycles. The summed E-state index contributed by atoms with van der Waals surface area (Å²) in [6.45, 7) is 0. The first-order chi connectivity index (χ1) is 9.24. The Morgan fingerprint density at radius 1 is 0.850 bits per heavy atom. The van der Waals surface area contributed by atoms with Gasteiger partial charge in [-0.1, -0.05) is 36.4 Å². The molecule has 0 aliphatic rings. The third kappa shape index (κ3) is 4.99. The van der Waals surface area contributed by atoms with Gasteiger partial charge in [0.2, 0.25) is 11.9 Å². The molecule has 5 nitrogen and oxygen atoms in total. The lowest BCUT2D eigenvalue weighted by Gasteiger charge is -2.04. The van der Waals surface area contributed by atoms with E-state index in [0.29, 0.717) is 0 Å². The molecule has 5 N–H and O–H groups in total. The van der Waals surface area contributed by atoms with Gasteiger partial charge in [0.15, 0.2) is 0 Å². The van der Waals surface area contributed by atoms with Crippen molar-refractivity contribution < 1.29 is 0 Å². The maximum absolute atomic E-state index is 5.74. The Labute approximate surface area is 123 Å². The minimum absolute atomic E-state index is 0. The van der Waals surface area contributed by atoms with Crippen molar-refractivity contribution in [2.24, 2.45) is 21.5 Å². The molecule has 0 amide bonds. The highest BCUT2D eigenvalue weighted by atomic mass is 35.5. The van der Waals surface area contributed by atoms with Crippen LogP contribution >= 0.6 is 12.4 Å². The summed E-state index contributed by atoms with van der Waals surface area (Å²) in [5.41, 5.74) is 13.0. The van der Waals surface area contributed by atoms with Crippen LogP contribution in [-0.4, -0.2) is 11.9 Å². The molecule has 0 fully saturated rings. The summed E-state index contributed by atoms with van der Waals surface area (Å²) >= 11 is 0. The van der Waals surface area contributed by atoms with Crippen LogP contribution in [0.2, 0.25) is 0 Å². The van der Waals surface area contributed by atoms with Gasteiger partial charge >= 0.3 is 0 Å². The maximum Gasteiger partial charge on any atom is 0.223 e. The first-order valence-electron chi connectivity index (χ1n) is 5.79. The Bertz CT molecular complexity index is 581. The molecule has 0 radical (unpaired) electrons. The van der Waals surface area contributed by atoms with Gasteiger partial charge in [0.05, 0.1) is 5.69 Å². The van der Waals surface area contributed by atoms with Gasteiger partial charge in [-0.3, -0.25) is 0 Å². The zero-order valence-corrected chi connectivity index (χ0v) is 11.5. The highest BCUT2D eigenvalue weighted by Gasteiger charge is 1.96. The summed E-state index contributed by atoms with van der Waals surface area (Å²) < 4.78 is 0. The summed E-state index contributed by atoms with van der Waals surface area (Å²) in [5.74, 6) is 0.301. The maximum atomic E-state index is 5.74. The molecule has 104 valence electrons. The van der Waals surface area contributed by atoms with Crippen molar-refractivity contribution in [3.63, 3.8) is 0 Å². The number of hydrogen-bond acceptors (Lipinski definition) is 1. The van der Waals surface area contributed by atoms with Crippen LogP contribution in [0.1, 0.15) is 0 Å². The standard InChI is InChI=1S/C14H15N5.ClH/c15-13(17-11-7-3-1-4-8-11)19-14(16)18-12-9-5-2-6-10-12;/h1-10H,(H5,15,16,17,18,19);1H. The number of para-hydroxylation sites is 2. The van der Waals surface area contributed by atoms with E-state index in [1.165, 1.54) is 0 Å². The van der Waals surface area contributed by atoms with Gasteiger partial charge in [0.25, 0.3) is 0 Å². The number of nitrogens with two attached hydrogens (primary N) is 2. The molecule has 2 rings (SSSR count). The van der Waals surface area contributed by atoms with Crippen LogP contribution in [0.3, 0.4) is 0 Å². The summed E-state index contributed by atoms with van der Waals surface area (Å²) in [5, 5.41) is 2.93. The smallest absolute Gasteiger partial charge is 0.223 e. The Hall–Kier alpha value is -2.53. The Kier molecular flexibility index (Phi) is 6.06. The second-order valence-corrected chi connectivity index (χ2v) is 3.79. The van der Waals surface area contributed by atoms with Crippen LogP contribution in [0.4, 0.5) is 11.4 Å². The molecule has 0 aromatic heterocycles. The predicted molar refractivity (Wildman–Crippen MR) is 86.7 cm³/mol. The van der Waals surface area contributed by atoms with Crippen LogP contribution in [-0.2, 0) is 0 Å². The molecule has 20 heavy (non-hydrogen) atoms. The summed E-state index contributed by atoms with van der Waals surface area (Å²) in [4.78, 5) is 8.11. The number of halogens is 1. The first kappa shape index (κ1) is 15.5. The fraction of sp³-hybridized carbons (Fsp3) is 0. The monoisotopic (exact) mass is 289 g/mol. The van der Waals surface area contributed by atoms with Gasteiger partial charge in [0.1, 0.15) is 0 Å². The van der Waals surface area contributed by atoms with Gasteiger partial charge in [-0.2, -0.15) is 4.99 Å². The van der Waals surface area contributed by atoms with Crippen molar-refractivity contribution in [1.29, 1.82) is 0 Å². The van der Waals surface area contributed by atoms with Gasteiger partial charge in [-0.15, -0.1) is 12.4 Å². The second kappa shape index (κ2) is 7.81. The van der Waals surface area contributed by atoms with E-state index in [2.05, 4.69) is 15.3 Å². The van der Waals surface area contributed by atoms with Crippen molar-refractivity contribution in [1.82, 2.24) is 0 Å². The molecule has 0 atom stereocenters. The average molecular weight is 290 g/mol. The quantitative estimate of drug-likeness (QED) is 0.586. The van der Waals surface area contributed by atoms with Crippen molar-refractivity contribution in [2.75, 3.05) is 5.32 Å². The van der Waals surface area contributed by atoms with E-state index < -0.39 is 0 Å². The number of benzene rings is 2. The Morgan fingerprint density at radius 3 is 2.00 bits per heavy atom. The molecule has 0 spiro atoms. The van der Waals surface area contributed by atoms with E-state index >= 15 is 0 Å². The number of aliphatic imine (C=N–C) groups is 2. The summed E-state index contributed by atoms with van der Waals surface area (Å²) in [6.07, 6.45) is 0. The molecule has 0 unspecified atom stereocenters. The van der Waals surface area contributed by atoms with Crippen molar-refractivity contribution >= 4 is 35.7 Å². The third-order valence-corrected chi connectivity index (χ3v) is 2.28. The highest BCUT2D eigenvalue weighted by Crippen LogP contribution is 2.09. The third-order valence-electron chi connectivity index (χ3n) is 2.28. The molecule has 0 saturated heterocycles. The van der Waals surface area contributed by atoms with Gasteiger partial charge < -0.3 is 16.8 Å². The molecule has 0 heterocycles. The number of guanidine groups is 2. The summed E-state index contributed by atoms with van der Waals surface area (Å²) in [7, 11) is 0. The molecule has 0 bridgehead atoms. The molecular formula is C14H16ClN5. The van der Waals surface area contributed by atoms with Crippen LogP contribution < -0.4 is 16.8 Å². The molecular weight excluding hydrogens is 274 g/mol. The topological polar surface area (TPSA) is 88.8 Å². The minimum atomic E-state index is 0. The van der Waals surface area contributed by atoms with Crippen LogP contribution in [0.25, 0.3) is 0 Å². The zero-order chi connectivity index (χ0) is 13.5. The van der Waals surface area contributed by atoms with E-state index in [4.69, 9.17) is 11.5 Å². The number of nitrogens with zero attached hydrogens (tertiary/aromatic N) is 2. The molecule has 2 aromatic rings. The highest BCUT2D eigenvalue weighted by molar-refractivity contribution is 6.01. The van der Waals surface area contributed by atoms with Crippen LogP contribution in [0.15, 0.2) is 70.6 Å². The van der Waals surface area contributed by atoms with Gasteiger partial charge in [-0.05, 0) is 24.3 Å². The van der Waals surface area contributed by atoms with E-state index in [-0.39, 0.29) is 24.3 Å². The van der Waals surface area contributed by atoms with Crippen molar-refractivity contribution in [2.45, 2.75) is 0 Å². The lowest BCUT2D eigenvalue weighted by Crippen LogP contribution is -2.25.